The lowest BCUT2D eigenvalue weighted by molar-refractivity contribution is 0.104. The van der Waals surface area contributed by atoms with Crippen LogP contribution in [0.15, 0.2) is 66.7 Å². The maximum absolute atomic E-state index is 13.8. The van der Waals surface area contributed by atoms with E-state index in [4.69, 9.17) is 9.47 Å². The summed E-state index contributed by atoms with van der Waals surface area (Å²) in [5, 5.41) is 10.5. The number of ketones is 1. The molecule has 1 aliphatic rings. The first-order chi connectivity index (χ1) is 18.4. The van der Waals surface area contributed by atoms with Crippen molar-refractivity contribution in [2.24, 2.45) is 5.92 Å². The maximum Gasteiger partial charge on any atom is 0.513 e. The van der Waals surface area contributed by atoms with Gasteiger partial charge >= 0.3 is 6.16 Å². The molecule has 1 fully saturated rings. The number of thiophene rings is 1. The molecular weight excluding hydrogens is 502 g/mol. The van der Waals surface area contributed by atoms with Crippen LogP contribution in [-0.4, -0.2) is 55.3 Å². The first-order valence-electron chi connectivity index (χ1n) is 12.5. The molecule has 1 unspecified atom stereocenters. The number of hydrogen-bond acceptors (Lipinski definition) is 8. The highest BCUT2D eigenvalue weighted by atomic mass is 32.1. The lowest BCUT2D eigenvalue weighted by Gasteiger charge is -2.15. The molecule has 1 aromatic heterocycles. The van der Waals surface area contributed by atoms with Crippen molar-refractivity contribution >= 4 is 33.4 Å². The molecule has 0 aliphatic carbocycles. The molecule has 1 atom stereocenters. The van der Waals surface area contributed by atoms with Crippen molar-refractivity contribution in [2.75, 3.05) is 33.4 Å². The van der Waals surface area contributed by atoms with Gasteiger partial charge in [0.15, 0.2) is 5.78 Å². The number of hydrogen-bond donors (Lipinski definition) is 1. The topological polar surface area (TPSA) is 85.3 Å². The third-order valence-corrected chi connectivity index (χ3v) is 7.89. The summed E-state index contributed by atoms with van der Waals surface area (Å²) in [5.41, 5.74) is 1.90. The van der Waals surface area contributed by atoms with Crippen LogP contribution >= 0.6 is 11.3 Å². The van der Waals surface area contributed by atoms with Gasteiger partial charge in [-0.1, -0.05) is 6.92 Å². The van der Waals surface area contributed by atoms with E-state index in [1.54, 1.807) is 54.6 Å². The molecule has 1 N–H and O–H groups in total. The maximum atomic E-state index is 13.8. The Morgan fingerprint density at radius 2 is 1.76 bits per heavy atom. The van der Waals surface area contributed by atoms with E-state index in [-0.39, 0.29) is 11.5 Å². The van der Waals surface area contributed by atoms with Gasteiger partial charge in [-0.3, -0.25) is 9.69 Å². The Morgan fingerprint density at radius 1 is 1.03 bits per heavy atom. The van der Waals surface area contributed by atoms with Gasteiger partial charge in [0, 0.05) is 39.2 Å². The second kappa shape index (κ2) is 11.2. The average molecular weight is 532 g/mol. The molecule has 38 heavy (non-hydrogen) atoms. The van der Waals surface area contributed by atoms with Crippen molar-refractivity contribution in [3.63, 3.8) is 0 Å². The molecule has 8 heteroatoms. The number of phenols is 1. The number of carbonyl (C=O) groups excluding carboxylic acids is 2. The van der Waals surface area contributed by atoms with Crippen molar-refractivity contribution in [1.82, 2.24) is 4.90 Å². The van der Waals surface area contributed by atoms with E-state index in [1.165, 1.54) is 24.9 Å². The zero-order chi connectivity index (χ0) is 26.6. The van der Waals surface area contributed by atoms with E-state index in [9.17, 15) is 14.7 Å². The van der Waals surface area contributed by atoms with Gasteiger partial charge in [0.2, 0.25) is 0 Å². The number of phenolic OH excluding ortho intramolecular Hbond substituents is 1. The summed E-state index contributed by atoms with van der Waals surface area (Å²) >= 11 is 1.42. The lowest BCUT2D eigenvalue weighted by Crippen LogP contribution is -2.25. The summed E-state index contributed by atoms with van der Waals surface area (Å²) in [5.74, 6) is 1.82. The predicted octanol–water partition coefficient (Wildman–Crippen LogP) is 6.37. The van der Waals surface area contributed by atoms with Crippen molar-refractivity contribution in [3.05, 3.63) is 77.9 Å². The minimum atomic E-state index is -0.812. The molecule has 2 heterocycles. The van der Waals surface area contributed by atoms with E-state index in [0.717, 1.165) is 51.8 Å². The Kier molecular flexibility index (Phi) is 7.62. The standard InChI is InChI=1S/C30H29NO6S/c1-19-13-14-31(18-19)15-16-36-23-9-5-20(6-10-23)28(33)27-25-12-11-24(37-30(34)35-2)17-26(25)38-29(27)21-3-7-22(32)8-4-21/h3-12,17,19,32H,13-16,18H2,1-2H3. The van der Waals surface area contributed by atoms with Crippen molar-refractivity contribution < 1.29 is 28.9 Å². The van der Waals surface area contributed by atoms with E-state index in [1.807, 2.05) is 12.1 Å². The summed E-state index contributed by atoms with van der Waals surface area (Å²) < 4.78 is 16.5. The second-order valence-corrected chi connectivity index (χ2v) is 10.5. The molecule has 0 amide bonds. The third-order valence-electron chi connectivity index (χ3n) is 6.69. The highest BCUT2D eigenvalue weighted by Gasteiger charge is 2.23. The number of nitrogens with zero attached hydrogens (tertiary/aromatic N) is 1. The number of rotatable bonds is 8. The Morgan fingerprint density at radius 3 is 2.45 bits per heavy atom. The third kappa shape index (κ3) is 5.66. The predicted molar refractivity (Wildman–Crippen MR) is 148 cm³/mol. The smallest absolute Gasteiger partial charge is 0.508 e. The number of carbonyl (C=O) groups is 2. The fraction of sp³-hybridized carbons (Fsp3) is 0.267. The van der Waals surface area contributed by atoms with Crippen LogP contribution in [0.25, 0.3) is 20.5 Å². The van der Waals surface area contributed by atoms with E-state index in [2.05, 4.69) is 16.6 Å². The number of likely N-dealkylation sites (tertiary alicyclic amines) is 1. The van der Waals surface area contributed by atoms with E-state index < -0.39 is 6.16 Å². The van der Waals surface area contributed by atoms with Crippen LogP contribution in [0.3, 0.4) is 0 Å². The quantitative estimate of drug-likeness (QED) is 0.161. The minimum absolute atomic E-state index is 0.126. The number of ether oxygens (including phenoxy) is 3. The van der Waals surface area contributed by atoms with E-state index >= 15 is 0 Å². The molecule has 0 bridgehead atoms. The van der Waals surface area contributed by atoms with Gasteiger partial charge < -0.3 is 19.3 Å². The number of aromatic hydroxyl groups is 1. The van der Waals surface area contributed by atoms with Crippen LogP contribution in [0.2, 0.25) is 0 Å². The minimum Gasteiger partial charge on any atom is -0.508 e. The van der Waals surface area contributed by atoms with Gasteiger partial charge in [-0.05, 0) is 91.2 Å². The van der Waals surface area contributed by atoms with Crippen LogP contribution in [-0.2, 0) is 4.74 Å². The molecule has 5 rings (SSSR count). The molecule has 0 radical (unpaired) electrons. The van der Waals surface area contributed by atoms with Crippen LogP contribution in [0.4, 0.5) is 4.79 Å². The summed E-state index contributed by atoms with van der Waals surface area (Å²) in [6, 6.07) is 19.1. The normalized spacial score (nSPS) is 15.5. The summed E-state index contributed by atoms with van der Waals surface area (Å²) in [7, 11) is 1.25. The number of benzene rings is 3. The first kappa shape index (κ1) is 25.8. The number of fused-ring (bicyclic) bond motifs is 1. The van der Waals surface area contributed by atoms with Crippen LogP contribution in [0.1, 0.15) is 29.3 Å². The molecule has 0 saturated carbocycles. The SMILES string of the molecule is COC(=O)Oc1ccc2c(C(=O)c3ccc(OCCN4CCC(C)C4)cc3)c(-c3ccc(O)cc3)sc2c1. The monoisotopic (exact) mass is 531 g/mol. The Balaban J connectivity index is 1.41. The molecule has 196 valence electrons. The van der Waals surface area contributed by atoms with E-state index in [0.29, 0.717) is 23.5 Å². The first-order valence-corrected chi connectivity index (χ1v) is 13.3. The molecule has 0 spiro atoms. The number of methoxy groups -OCH3 is 1. The molecule has 4 aromatic rings. The fourth-order valence-corrected chi connectivity index (χ4v) is 5.92. The van der Waals surface area contributed by atoms with Gasteiger partial charge in [0.05, 0.1) is 7.11 Å². The van der Waals surface area contributed by atoms with Gasteiger partial charge in [-0.2, -0.15) is 0 Å². The Labute approximate surface area is 225 Å². The summed E-state index contributed by atoms with van der Waals surface area (Å²) in [6.07, 6.45) is 0.424. The highest BCUT2D eigenvalue weighted by molar-refractivity contribution is 7.22. The van der Waals surface area contributed by atoms with Crippen LogP contribution < -0.4 is 9.47 Å². The zero-order valence-electron chi connectivity index (χ0n) is 21.3. The average Bonchev–Trinajstić information content (AvgIpc) is 3.51. The summed E-state index contributed by atoms with van der Waals surface area (Å²) in [6.45, 7) is 6.01. The lowest BCUT2D eigenvalue weighted by atomic mass is 9.97. The Bertz CT molecular complexity index is 1440. The zero-order valence-corrected chi connectivity index (χ0v) is 22.1. The highest BCUT2D eigenvalue weighted by Crippen LogP contribution is 2.41. The van der Waals surface area contributed by atoms with Crippen LogP contribution in [0.5, 0.6) is 17.2 Å². The van der Waals surface area contributed by atoms with Gasteiger partial charge in [0.1, 0.15) is 23.9 Å². The molecule has 7 nitrogen and oxygen atoms in total. The summed E-state index contributed by atoms with van der Waals surface area (Å²) in [4.78, 5) is 28.6. The van der Waals surface area contributed by atoms with Gasteiger partial charge in [0.25, 0.3) is 0 Å². The van der Waals surface area contributed by atoms with Crippen LogP contribution in [0, 0.1) is 5.92 Å². The van der Waals surface area contributed by atoms with Gasteiger partial charge in [-0.15, -0.1) is 11.3 Å². The van der Waals surface area contributed by atoms with Crippen molar-refractivity contribution in [2.45, 2.75) is 13.3 Å². The van der Waals surface area contributed by atoms with Crippen molar-refractivity contribution in [1.29, 1.82) is 0 Å². The second-order valence-electron chi connectivity index (χ2n) is 9.46. The molecular formula is C30H29NO6S. The molecule has 1 aliphatic heterocycles. The fourth-order valence-electron chi connectivity index (χ4n) is 4.69. The molecule has 1 saturated heterocycles. The van der Waals surface area contributed by atoms with Gasteiger partial charge in [-0.25, -0.2) is 4.79 Å². The largest absolute Gasteiger partial charge is 0.513 e. The Hall–Kier alpha value is -3.88. The van der Waals surface area contributed by atoms with Crippen molar-refractivity contribution in [3.8, 4) is 27.7 Å². The molecule has 3 aromatic carbocycles.